The Morgan fingerprint density at radius 3 is 2.52 bits per heavy atom. The second-order valence-electron chi connectivity index (χ2n) is 7.56. The number of aryl methyl sites for hydroxylation is 2. The normalized spacial score (nSPS) is 14.6. The molecule has 0 atom stereocenters. The summed E-state index contributed by atoms with van der Waals surface area (Å²) in [5.41, 5.74) is 7.03. The van der Waals surface area contributed by atoms with Crippen LogP contribution in [0, 0.1) is 13.8 Å². The van der Waals surface area contributed by atoms with E-state index in [9.17, 15) is 9.59 Å². The Balaban J connectivity index is 1.46. The first-order valence-electron chi connectivity index (χ1n) is 10.3. The van der Waals surface area contributed by atoms with Gasteiger partial charge in [0.05, 0.1) is 4.91 Å². The van der Waals surface area contributed by atoms with Crippen molar-refractivity contribution >= 4 is 46.2 Å². The van der Waals surface area contributed by atoms with Gasteiger partial charge in [0, 0.05) is 5.56 Å². The summed E-state index contributed by atoms with van der Waals surface area (Å²) in [4.78, 5) is 26.0. The number of nitrogens with one attached hydrogen (secondary N) is 1. The van der Waals surface area contributed by atoms with E-state index in [-0.39, 0.29) is 16.1 Å². The summed E-state index contributed by atoms with van der Waals surface area (Å²) in [5.74, 6) is -0.0363. The molecule has 3 aromatic carbocycles. The number of benzene rings is 3. The third-order valence-corrected chi connectivity index (χ3v) is 6.51. The number of carbonyl (C=O) groups is 2. The van der Waals surface area contributed by atoms with E-state index in [1.54, 1.807) is 18.2 Å². The summed E-state index contributed by atoms with van der Waals surface area (Å²) >= 11 is 6.48. The zero-order valence-electron chi connectivity index (χ0n) is 18.2. The minimum absolute atomic E-state index is 0.278. The van der Waals surface area contributed by atoms with Gasteiger partial charge in [0.1, 0.15) is 12.4 Å². The molecule has 4 rings (SSSR count). The molecule has 1 aliphatic heterocycles. The lowest BCUT2D eigenvalue weighted by molar-refractivity contribution is -0.123. The Labute approximate surface area is 202 Å². The fraction of sp³-hybridized carbons (Fsp3) is 0.115. The molecule has 1 aliphatic rings. The van der Waals surface area contributed by atoms with E-state index in [1.807, 2.05) is 61.5 Å². The molecule has 7 heteroatoms. The van der Waals surface area contributed by atoms with Crippen LogP contribution in [0.4, 0.5) is 0 Å². The molecule has 0 bridgehead atoms. The Hall–Kier alpha value is -3.42. The molecule has 0 aromatic heterocycles. The van der Waals surface area contributed by atoms with Gasteiger partial charge in [0.15, 0.2) is 4.32 Å². The van der Waals surface area contributed by atoms with Crippen molar-refractivity contribution in [1.82, 2.24) is 10.4 Å². The topological polar surface area (TPSA) is 58.6 Å². The molecule has 0 radical (unpaired) electrons. The minimum Gasteiger partial charge on any atom is -0.489 e. The van der Waals surface area contributed by atoms with Crippen LogP contribution in [0.3, 0.4) is 0 Å². The Bertz CT molecular complexity index is 1270. The van der Waals surface area contributed by atoms with Crippen LogP contribution in [0.1, 0.15) is 32.6 Å². The molecule has 1 saturated heterocycles. The molecule has 0 aliphatic carbocycles. The van der Waals surface area contributed by atoms with Gasteiger partial charge < -0.3 is 4.74 Å². The summed E-state index contributed by atoms with van der Waals surface area (Å²) in [6, 6.07) is 22.8. The highest BCUT2D eigenvalue weighted by molar-refractivity contribution is 8.26. The highest BCUT2D eigenvalue weighted by atomic mass is 32.2. The number of amides is 2. The number of nitrogens with zero attached hydrogens (tertiary/aromatic N) is 1. The number of hydrogen-bond acceptors (Lipinski definition) is 5. The summed E-state index contributed by atoms with van der Waals surface area (Å²) < 4.78 is 6.22. The molecular weight excluding hydrogens is 452 g/mol. The second-order valence-corrected chi connectivity index (χ2v) is 9.24. The lowest BCUT2D eigenvalue weighted by Crippen LogP contribution is -2.45. The predicted molar refractivity (Wildman–Crippen MR) is 136 cm³/mol. The summed E-state index contributed by atoms with van der Waals surface area (Å²) in [6.45, 7) is 4.35. The van der Waals surface area contributed by atoms with Crippen molar-refractivity contribution in [3.05, 3.63) is 106 Å². The van der Waals surface area contributed by atoms with Gasteiger partial charge in [-0.15, -0.1) is 0 Å². The van der Waals surface area contributed by atoms with E-state index in [1.165, 1.54) is 5.56 Å². The standard InChI is InChI=1S/C26H22N2O3S2/c1-17-8-3-5-11-20(17)16-31-21-12-7-10-19(14-21)15-23-25(30)28(26(32)33-23)27-24(29)22-13-6-4-9-18(22)2/h3-15H,16H2,1-2H3,(H,27,29)/b23-15+. The first-order chi connectivity index (χ1) is 15.9. The first-order valence-corrected chi connectivity index (χ1v) is 11.6. The maximum atomic E-state index is 12.9. The summed E-state index contributed by atoms with van der Waals surface area (Å²) in [7, 11) is 0. The average molecular weight is 475 g/mol. The summed E-state index contributed by atoms with van der Waals surface area (Å²) in [5, 5.41) is 1.12. The predicted octanol–water partition coefficient (Wildman–Crippen LogP) is 5.43. The molecule has 5 nitrogen and oxygen atoms in total. The minimum atomic E-state index is -0.378. The molecule has 1 N–H and O–H groups in total. The van der Waals surface area contributed by atoms with Crippen molar-refractivity contribution in [3.63, 3.8) is 0 Å². The molecule has 1 heterocycles. The van der Waals surface area contributed by atoms with Gasteiger partial charge in [-0.2, -0.15) is 5.01 Å². The molecule has 1 fully saturated rings. The van der Waals surface area contributed by atoms with Crippen LogP contribution < -0.4 is 10.2 Å². The van der Waals surface area contributed by atoms with Crippen LogP contribution in [0.2, 0.25) is 0 Å². The van der Waals surface area contributed by atoms with Crippen molar-refractivity contribution in [3.8, 4) is 5.75 Å². The number of thiocarbonyl (C=S) groups is 1. The Kier molecular flexibility index (Phi) is 6.91. The quantitative estimate of drug-likeness (QED) is 0.381. The fourth-order valence-corrected chi connectivity index (χ4v) is 4.51. The van der Waals surface area contributed by atoms with Crippen molar-refractivity contribution in [2.24, 2.45) is 0 Å². The number of carbonyl (C=O) groups excluding carboxylic acids is 2. The molecule has 0 spiro atoms. The zero-order valence-corrected chi connectivity index (χ0v) is 19.8. The van der Waals surface area contributed by atoms with Gasteiger partial charge in [0.2, 0.25) is 0 Å². The largest absolute Gasteiger partial charge is 0.489 e. The molecule has 33 heavy (non-hydrogen) atoms. The number of hydrazine groups is 1. The molecule has 3 aromatic rings. The van der Waals surface area contributed by atoms with E-state index in [0.717, 1.165) is 33.5 Å². The second kappa shape index (κ2) is 10.0. The number of thioether (sulfide) groups is 1. The van der Waals surface area contributed by atoms with E-state index in [2.05, 4.69) is 18.4 Å². The SMILES string of the molecule is Cc1ccccc1COc1cccc(/C=C2/SC(=S)N(NC(=O)c3ccccc3C)C2=O)c1. The third kappa shape index (κ3) is 5.32. The monoisotopic (exact) mass is 474 g/mol. The Morgan fingerprint density at radius 1 is 1.03 bits per heavy atom. The third-order valence-electron chi connectivity index (χ3n) is 5.21. The van der Waals surface area contributed by atoms with E-state index >= 15 is 0 Å². The van der Waals surface area contributed by atoms with Gasteiger partial charge in [-0.1, -0.05) is 66.4 Å². The van der Waals surface area contributed by atoms with Crippen molar-refractivity contribution in [2.45, 2.75) is 20.5 Å². The number of ether oxygens (including phenoxy) is 1. The van der Waals surface area contributed by atoms with Gasteiger partial charge in [0.25, 0.3) is 11.8 Å². The van der Waals surface area contributed by atoms with Crippen LogP contribution in [-0.2, 0) is 11.4 Å². The number of rotatable bonds is 6. The number of hydrogen-bond donors (Lipinski definition) is 1. The van der Waals surface area contributed by atoms with Crippen molar-refractivity contribution < 1.29 is 14.3 Å². The van der Waals surface area contributed by atoms with Crippen LogP contribution in [0.15, 0.2) is 77.7 Å². The molecule has 0 unspecified atom stereocenters. The molecule has 0 saturated carbocycles. The van der Waals surface area contributed by atoms with Gasteiger partial charge in [-0.25, -0.2) is 0 Å². The van der Waals surface area contributed by atoms with Crippen LogP contribution in [0.5, 0.6) is 5.75 Å². The van der Waals surface area contributed by atoms with Crippen molar-refractivity contribution in [2.75, 3.05) is 0 Å². The highest BCUT2D eigenvalue weighted by Gasteiger charge is 2.34. The van der Waals surface area contributed by atoms with Crippen LogP contribution in [0.25, 0.3) is 6.08 Å². The van der Waals surface area contributed by atoms with E-state index in [4.69, 9.17) is 17.0 Å². The molecule has 2 amide bonds. The summed E-state index contributed by atoms with van der Waals surface area (Å²) in [6.07, 6.45) is 1.75. The highest BCUT2D eigenvalue weighted by Crippen LogP contribution is 2.32. The fourth-order valence-electron chi connectivity index (χ4n) is 3.33. The van der Waals surface area contributed by atoms with Crippen LogP contribution in [-0.4, -0.2) is 21.1 Å². The average Bonchev–Trinajstić information content (AvgIpc) is 3.06. The Morgan fingerprint density at radius 2 is 1.76 bits per heavy atom. The first kappa shape index (κ1) is 22.8. The van der Waals surface area contributed by atoms with E-state index < -0.39 is 0 Å². The molecule has 166 valence electrons. The van der Waals surface area contributed by atoms with E-state index in [0.29, 0.717) is 22.8 Å². The maximum Gasteiger partial charge on any atom is 0.285 e. The van der Waals surface area contributed by atoms with Gasteiger partial charge in [-0.05, 0) is 72.6 Å². The van der Waals surface area contributed by atoms with Gasteiger partial charge in [-0.3, -0.25) is 15.0 Å². The molecular formula is C26H22N2O3S2. The zero-order chi connectivity index (χ0) is 23.4. The van der Waals surface area contributed by atoms with Crippen LogP contribution >= 0.6 is 24.0 Å². The smallest absolute Gasteiger partial charge is 0.285 e. The lowest BCUT2D eigenvalue weighted by Gasteiger charge is -2.16. The maximum absolute atomic E-state index is 12.9. The van der Waals surface area contributed by atoms with Gasteiger partial charge >= 0.3 is 0 Å². The van der Waals surface area contributed by atoms with Crippen molar-refractivity contribution in [1.29, 1.82) is 0 Å². The lowest BCUT2D eigenvalue weighted by atomic mass is 10.1.